The Hall–Kier alpha value is -2.35. The highest BCUT2D eigenvalue weighted by molar-refractivity contribution is 5.85. The number of aliphatic imine (C=N–C) groups is 1. The summed E-state index contributed by atoms with van der Waals surface area (Å²) in [5.74, 6) is 0.839. The van der Waals surface area contributed by atoms with Gasteiger partial charge in [0.15, 0.2) is 17.5 Å². The Morgan fingerprint density at radius 1 is 1.39 bits per heavy atom. The molecule has 0 radical (unpaired) electrons. The second kappa shape index (κ2) is 10.8. The minimum absolute atomic E-state index is 0.0182. The summed E-state index contributed by atoms with van der Waals surface area (Å²) in [5.41, 5.74) is 0.761. The van der Waals surface area contributed by atoms with Gasteiger partial charge in [-0.25, -0.2) is 9.38 Å². The molecule has 1 saturated carbocycles. The van der Waals surface area contributed by atoms with Crippen LogP contribution in [0.25, 0.3) is 0 Å². The molecule has 1 aliphatic rings. The van der Waals surface area contributed by atoms with Crippen LogP contribution in [0.4, 0.5) is 4.39 Å². The van der Waals surface area contributed by atoms with Crippen molar-refractivity contribution in [1.82, 2.24) is 15.5 Å². The fraction of sp³-hybridized carbons (Fsp3) is 0.600. The first-order valence-electron chi connectivity index (χ1n) is 9.57. The van der Waals surface area contributed by atoms with Crippen LogP contribution in [-0.2, 0) is 9.53 Å². The van der Waals surface area contributed by atoms with Gasteiger partial charge in [-0.2, -0.15) is 0 Å². The molecule has 28 heavy (non-hydrogen) atoms. The molecule has 1 aromatic carbocycles. The molecule has 1 fully saturated rings. The van der Waals surface area contributed by atoms with Crippen molar-refractivity contribution in [3.63, 3.8) is 0 Å². The van der Waals surface area contributed by atoms with Crippen molar-refractivity contribution in [3.8, 4) is 5.75 Å². The quantitative estimate of drug-likeness (QED) is 0.360. The van der Waals surface area contributed by atoms with Gasteiger partial charge in [0.1, 0.15) is 6.54 Å². The number of rotatable bonds is 10. The maximum atomic E-state index is 14.3. The molecule has 1 aliphatic carbocycles. The van der Waals surface area contributed by atoms with Gasteiger partial charge in [-0.1, -0.05) is 6.07 Å². The Bertz CT molecular complexity index is 677. The average molecular weight is 394 g/mol. The van der Waals surface area contributed by atoms with Crippen molar-refractivity contribution >= 4 is 11.9 Å². The molecule has 1 aromatic rings. The van der Waals surface area contributed by atoms with E-state index < -0.39 is 0 Å². The van der Waals surface area contributed by atoms with E-state index in [0.717, 1.165) is 18.4 Å². The molecule has 1 atom stereocenters. The molecule has 1 amide bonds. The third-order valence-corrected chi connectivity index (χ3v) is 4.45. The molecular weight excluding hydrogens is 363 g/mol. The van der Waals surface area contributed by atoms with E-state index in [9.17, 15) is 9.18 Å². The van der Waals surface area contributed by atoms with Crippen LogP contribution < -0.4 is 15.4 Å². The van der Waals surface area contributed by atoms with Crippen molar-refractivity contribution in [2.75, 3.05) is 47.5 Å². The van der Waals surface area contributed by atoms with E-state index in [1.807, 2.05) is 13.0 Å². The number of ether oxygens (including phenoxy) is 2. The molecular formula is C20H31FN4O3. The number of carbonyl (C=O) groups excluding carboxylic acids is 1. The lowest BCUT2D eigenvalue weighted by atomic mass is 10.1. The Labute approximate surface area is 166 Å². The predicted octanol–water partition coefficient (Wildman–Crippen LogP) is 1.95. The van der Waals surface area contributed by atoms with Gasteiger partial charge in [-0.3, -0.25) is 4.79 Å². The Balaban J connectivity index is 1.99. The van der Waals surface area contributed by atoms with E-state index in [1.54, 1.807) is 27.3 Å². The summed E-state index contributed by atoms with van der Waals surface area (Å²) in [4.78, 5) is 17.6. The molecule has 0 aliphatic heterocycles. The third-order valence-electron chi connectivity index (χ3n) is 4.45. The summed E-state index contributed by atoms with van der Waals surface area (Å²) >= 11 is 0. The molecule has 7 nitrogen and oxygen atoms in total. The molecule has 0 bridgehead atoms. The lowest BCUT2D eigenvalue weighted by molar-refractivity contribution is -0.127. The smallest absolute Gasteiger partial charge is 0.243 e. The third kappa shape index (κ3) is 7.34. The number of nitrogens with one attached hydrogen (secondary N) is 2. The van der Waals surface area contributed by atoms with Crippen LogP contribution in [0.3, 0.4) is 0 Å². The van der Waals surface area contributed by atoms with Gasteiger partial charge in [0, 0.05) is 27.7 Å². The molecule has 0 saturated heterocycles. The molecule has 2 N–H and O–H groups in total. The number of likely N-dealkylation sites (N-methyl/N-ethyl adjacent to an activating group) is 1. The highest BCUT2D eigenvalue weighted by Crippen LogP contribution is 2.30. The van der Waals surface area contributed by atoms with Gasteiger partial charge < -0.3 is 25.0 Å². The molecule has 156 valence electrons. The Morgan fingerprint density at radius 2 is 2.14 bits per heavy atom. The standard InChI is InChI=1S/C20H31FN4O3/c1-14(16-7-8-18(17(21)11-16)28-13-15-5-6-15)24-20(22-9-10-27-4)23-12-19(26)25(2)3/h7-8,11,14-15H,5-6,9-10,12-13H2,1-4H3,(H2,22,23,24). The monoisotopic (exact) mass is 394 g/mol. The Kier molecular flexibility index (Phi) is 8.50. The summed E-state index contributed by atoms with van der Waals surface area (Å²) in [6.45, 7) is 3.53. The van der Waals surface area contributed by atoms with E-state index in [1.165, 1.54) is 11.0 Å². The van der Waals surface area contributed by atoms with Crippen LogP contribution in [0.2, 0.25) is 0 Å². The maximum Gasteiger partial charge on any atom is 0.243 e. The number of amides is 1. The predicted molar refractivity (Wildman–Crippen MR) is 107 cm³/mol. The van der Waals surface area contributed by atoms with Crippen LogP contribution in [0.15, 0.2) is 23.2 Å². The summed E-state index contributed by atoms with van der Waals surface area (Å²) in [7, 11) is 4.98. The van der Waals surface area contributed by atoms with Gasteiger partial charge in [0.05, 0.1) is 19.3 Å². The van der Waals surface area contributed by atoms with Gasteiger partial charge in [0.2, 0.25) is 5.91 Å². The first kappa shape index (κ1) is 21.9. The summed E-state index contributed by atoms with van der Waals surface area (Å²) in [5, 5.41) is 6.30. The number of nitrogens with zero attached hydrogens (tertiary/aromatic N) is 2. The zero-order valence-corrected chi connectivity index (χ0v) is 17.1. The van der Waals surface area contributed by atoms with E-state index in [-0.39, 0.29) is 30.1 Å². The van der Waals surface area contributed by atoms with E-state index in [2.05, 4.69) is 15.6 Å². The molecule has 0 spiro atoms. The summed E-state index contributed by atoms with van der Waals surface area (Å²) < 4.78 is 24.9. The van der Waals surface area contributed by atoms with Crippen molar-refractivity contribution in [1.29, 1.82) is 0 Å². The van der Waals surface area contributed by atoms with Crippen molar-refractivity contribution in [2.24, 2.45) is 10.9 Å². The van der Waals surface area contributed by atoms with Crippen LogP contribution in [0, 0.1) is 11.7 Å². The van der Waals surface area contributed by atoms with E-state index >= 15 is 0 Å². The van der Waals surface area contributed by atoms with Crippen molar-refractivity contribution in [2.45, 2.75) is 25.8 Å². The number of hydrogen-bond donors (Lipinski definition) is 2. The number of halogens is 1. The number of benzene rings is 1. The first-order valence-corrected chi connectivity index (χ1v) is 9.57. The van der Waals surface area contributed by atoms with Gasteiger partial charge in [-0.05, 0) is 43.4 Å². The van der Waals surface area contributed by atoms with E-state index in [0.29, 0.717) is 31.6 Å². The molecule has 1 unspecified atom stereocenters. The minimum atomic E-state index is -0.375. The van der Waals surface area contributed by atoms with Crippen molar-refractivity contribution < 1.29 is 18.7 Å². The Morgan fingerprint density at radius 3 is 2.75 bits per heavy atom. The van der Waals surface area contributed by atoms with Gasteiger partial charge in [0.25, 0.3) is 0 Å². The van der Waals surface area contributed by atoms with Crippen LogP contribution in [-0.4, -0.2) is 64.3 Å². The molecule has 0 aromatic heterocycles. The van der Waals surface area contributed by atoms with Gasteiger partial charge in [-0.15, -0.1) is 0 Å². The van der Waals surface area contributed by atoms with Crippen molar-refractivity contribution in [3.05, 3.63) is 29.6 Å². The molecule has 2 rings (SSSR count). The highest BCUT2D eigenvalue weighted by Gasteiger charge is 2.22. The fourth-order valence-electron chi connectivity index (χ4n) is 2.40. The van der Waals surface area contributed by atoms with Gasteiger partial charge >= 0.3 is 0 Å². The lowest BCUT2D eigenvalue weighted by Gasteiger charge is -2.19. The lowest BCUT2D eigenvalue weighted by Crippen LogP contribution is -2.41. The van der Waals surface area contributed by atoms with Crippen LogP contribution in [0.1, 0.15) is 31.4 Å². The maximum absolute atomic E-state index is 14.3. The largest absolute Gasteiger partial charge is 0.490 e. The van der Waals surface area contributed by atoms with E-state index in [4.69, 9.17) is 9.47 Å². The topological polar surface area (TPSA) is 75.2 Å². The van der Waals surface area contributed by atoms with Crippen LogP contribution in [0.5, 0.6) is 5.75 Å². The normalized spacial score (nSPS) is 15.1. The highest BCUT2D eigenvalue weighted by atomic mass is 19.1. The number of carbonyl (C=O) groups is 1. The number of methoxy groups -OCH3 is 1. The summed E-state index contributed by atoms with van der Waals surface area (Å²) in [6.07, 6.45) is 2.32. The average Bonchev–Trinajstić information content (AvgIpc) is 3.49. The second-order valence-corrected chi connectivity index (χ2v) is 7.18. The van der Waals surface area contributed by atoms with Crippen LogP contribution >= 0.6 is 0 Å². The number of guanidine groups is 1. The molecule has 8 heteroatoms. The molecule has 0 heterocycles. The zero-order valence-electron chi connectivity index (χ0n) is 17.1. The summed E-state index contributed by atoms with van der Waals surface area (Å²) in [6, 6.07) is 4.75. The zero-order chi connectivity index (χ0) is 20.5. The number of hydrogen-bond acceptors (Lipinski definition) is 4. The minimum Gasteiger partial charge on any atom is -0.490 e. The first-order chi connectivity index (χ1) is 13.4. The fourth-order valence-corrected chi connectivity index (χ4v) is 2.40. The second-order valence-electron chi connectivity index (χ2n) is 7.18. The SMILES string of the molecule is COCCNC(=NCC(=O)N(C)C)NC(C)c1ccc(OCC2CC2)c(F)c1.